The first kappa shape index (κ1) is 14.9. The van der Waals surface area contributed by atoms with Gasteiger partial charge in [-0.1, -0.05) is 6.42 Å². The maximum Gasteiger partial charge on any atom is 0.163 e. The van der Waals surface area contributed by atoms with Crippen molar-refractivity contribution in [2.24, 2.45) is 5.41 Å². The second-order valence-corrected chi connectivity index (χ2v) is 6.14. The van der Waals surface area contributed by atoms with E-state index in [4.69, 9.17) is 0 Å². The molecule has 1 fully saturated rings. The number of aryl methyl sites for hydroxylation is 1. The lowest BCUT2D eigenvalue weighted by Gasteiger charge is -2.42. The van der Waals surface area contributed by atoms with Crippen LogP contribution in [0.2, 0.25) is 0 Å². The fourth-order valence-corrected chi connectivity index (χ4v) is 2.99. The summed E-state index contributed by atoms with van der Waals surface area (Å²) in [7, 11) is 0. The van der Waals surface area contributed by atoms with Crippen LogP contribution in [0.5, 0.6) is 0 Å². The first-order chi connectivity index (χ1) is 10.7. The van der Waals surface area contributed by atoms with Crippen molar-refractivity contribution in [3.63, 3.8) is 0 Å². The third-order valence-corrected chi connectivity index (χ3v) is 4.47. The average Bonchev–Trinajstić information content (AvgIpc) is 2.50. The molecule has 0 atom stereocenters. The van der Waals surface area contributed by atoms with Crippen molar-refractivity contribution in [2.45, 2.75) is 32.6 Å². The molecule has 1 saturated carbocycles. The van der Waals surface area contributed by atoms with E-state index in [-0.39, 0.29) is 12.0 Å². The molecule has 0 bridgehead atoms. The van der Waals surface area contributed by atoms with E-state index in [0.717, 1.165) is 30.0 Å². The van der Waals surface area contributed by atoms with E-state index in [1.54, 1.807) is 12.4 Å². The number of pyridine rings is 1. The van der Waals surface area contributed by atoms with Crippen molar-refractivity contribution in [1.82, 2.24) is 15.0 Å². The van der Waals surface area contributed by atoms with Crippen LogP contribution in [0.25, 0.3) is 11.4 Å². The highest BCUT2D eigenvalue weighted by Crippen LogP contribution is 2.43. The second kappa shape index (κ2) is 6.40. The molecule has 2 aromatic heterocycles. The van der Waals surface area contributed by atoms with Gasteiger partial charge in [0.25, 0.3) is 0 Å². The molecule has 5 nitrogen and oxygen atoms in total. The van der Waals surface area contributed by atoms with Gasteiger partial charge in [0.05, 0.1) is 0 Å². The van der Waals surface area contributed by atoms with Crippen molar-refractivity contribution >= 4 is 5.82 Å². The SMILES string of the molecule is Cc1cc(NCC2(CCO)CCC2)nc(-c2cccnc2)n1. The van der Waals surface area contributed by atoms with Gasteiger partial charge in [0.2, 0.25) is 0 Å². The summed E-state index contributed by atoms with van der Waals surface area (Å²) in [5.74, 6) is 1.54. The lowest BCUT2D eigenvalue weighted by Crippen LogP contribution is -2.37. The number of anilines is 1. The van der Waals surface area contributed by atoms with Crippen LogP contribution in [-0.4, -0.2) is 33.2 Å². The molecule has 0 radical (unpaired) electrons. The summed E-state index contributed by atoms with van der Waals surface area (Å²) in [6.45, 7) is 3.08. The van der Waals surface area contributed by atoms with E-state index < -0.39 is 0 Å². The number of aromatic nitrogens is 3. The molecule has 1 aliphatic rings. The minimum atomic E-state index is 0.238. The Labute approximate surface area is 130 Å². The van der Waals surface area contributed by atoms with Crippen LogP contribution < -0.4 is 5.32 Å². The number of hydrogen-bond acceptors (Lipinski definition) is 5. The van der Waals surface area contributed by atoms with Gasteiger partial charge in [0, 0.05) is 42.9 Å². The maximum absolute atomic E-state index is 9.24. The molecule has 0 aromatic carbocycles. The monoisotopic (exact) mass is 298 g/mol. The molecule has 0 amide bonds. The van der Waals surface area contributed by atoms with E-state index in [0.29, 0.717) is 5.82 Å². The van der Waals surface area contributed by atoms with Crippen LogP contribution >= 0.6 is 0 Å². The number of nitrogens with one attached hydrogen (secondary N) is 1. The van der Waals surface area contributed by atoms with E-state index >= 15 is 0 Å². The fraction of sp³-hybridized carbons (Fsp3) is 0.471. The predicted molar refractivity (Wildman–Crippen MR) is 86.5 cm³/mol. The number of aliphatic hydroxyl groups excluding tert-OH is 1. The Morgan fingerprint density at radius 3 is 2.82 bits per heavy atom. The maximum atomic E-state index is 9.24. The van der Waals surface area contributed by atoms with Crippen LogP contribution in [0.15, 0.2) is 30.6 Å². The summed E-state index contributed by atoms with van der Waals surface area (Å²) < 4.78 is 0. The topological polar surface area (TPSA) is 70.9 Å². The zero-order valence-electron chi connectivity index (χ0n) is 12.9. The Morgan fingerprint density at radius 1 is 1.32 bits per heavy atom. The molecule has 5 heteroatoms. The Bertz CT molecular complexity index is 626. The van der Waals surface area contributed by atoms with Crippen LogP contribution in [-0.2, 0) is 0 Å². The fourth-order valence-electron chi connectivity index (χ4n) is 2.99. The Balaban J connectivity index is 1.75. The van der Waals surface area contributed by atoms with Crippen LogP contribution in [0, 0.1) is 12.3 Å². The van der Waals surface area contributed by atoms with Gasteiger partial charge < -0.3 is 10.4 Å². The Hall–Kier alpha value is -2.01. The van der Waals surface area contributed by atoms with Crippen LogP contribution in [0.1, 0.15) is 31.4 Å². The molecule has 2 aromatic rings. The average molecular weight is 298 g/mol. The molecular formula is C17H22N4O. The first-order valence-corrected chi connectivity index (χ1v) is 7.82. The molecule has 0 spiro atoms. The Morgan fingerprint density at radius 2 is 2.18 bits per heavy atom. The zero-order chi connectivity index (χ0) is 15.4. The van der Waals surface area contributed by atoms with Gasteiger partial charge in [-0.15, -0.1) is 0 Å². The normalized spacial score (nSPS) is 16.1. The van der Waals surface area contributed by atoms with Gasteiger partial charge >= 0.3 is 0 Å². The third-order valence-electron chi connectivity index (χ3n) is 4.47. The lowest BCUT2D eigenvalue weighted by molar-refractivity contribution is 0.102. The zero-order valence-corrected chi connectivity index (χ0v) is 12.9. The third kappa shape index (κ3) is 3.25. The van der Waals surface area contributed by atoms with Crippen molar-refractivity contribution in [2.75, 3.05) is 18.5 Å². The van der Waals surface area contributed by atoms with Gasteiger partial charge in [0.1, 0.15) is 5.82 Å². The first-order valence-electron chi connectivity index (χ1n) is 7.82. The highest BCUT2D eigenvalue weighted by Gasteiger charge is 2.36. The number of rotatable bonds is 6. The standard InChI is InChI=1S/C17H22N4O/c1-13-10-15(19-12-17(7-9-22)5-3-6-17)21-16(20-13)14-4-2-8-18-11-14/h2,4,8,10-11,22H,3,5-7,9,12H2,1H3,(H,19,20,21). The molecule has 0 aliphatic heterocycles. The molecule has 22 heavy (non-hydrogen) atoms. The van der Waals surface area contributed by atoms with Crippen LogP contribution in [0.4, 0.5) is 5.82 Å². The number of hydrogen-bond donors (Lipinski definition) is 2. The summed E-state index contributed by atoms with van der Waals surface area (Å²) in [6.07, 6.45) is 8.00. The predicted octanol–water partition coefficient (Wildman–Crippen LogP) is 2.81. The van der Waals surface area contributed by atoms with E-state index in [9.17, 15) is 5.11 Å². The highest BCUT2D eigenvalue weighted by atomic mass is 16.3. The minimum Gasteiger partial charge on any atom is -0.396 e. The van der Waals surface area contributed by atoms with Crippen molar-refractivity contribution < 1.29 is 5.11 Å². The smallest absolute Gasteiger partial charge is 0.163 e. The van der Waals surface area contributed by atoms with Gasteiger partial charge in [0.15, 0.2) is 5.82 Å². The van der Waals surface area contributed by atoms with E-state index in [1.807, 2.05) is 25.1 Å². The molecule has 3 rings (SSSR count). The largest absolute Gasteiger partial charge is 0.396 e. The summed E-state index contributed by atoms with van der Waals surface area (Å²) >= 11 is 0. The molecule has 0 saturated heterocycles. The molecule has 2 N–H and O–H groups in total. The van der Waals surface area contributed by atoms with Gasteiger partial charge in [-0.05, 0) is 43.7 Å². The summed E-state index contributed by atoms with van der Waals surface area (Å²) in [5.41, 5.74) is 2.09. The van der Waals surface area contributed by atoms with Gasteiger partial charge in [-0.2, -0.15) is 0 Å². The minimum absolute atomic E-state index is 0.238. The lowest BCUT2D eigenvalue weighted by atomic mass is 9.67. The summed E-state index contributed by atoms with van der Waals surface area (Å²) in [6, 6.07) is 5.81. The quantitative estimate of drug-likeness (QED) is 0.858. The molecular weight excluding hydrogens is 276 g/mol. The van der Waals surface area contributed by atoms with E-state index in [1.165, 1.54) is 19.3 Å². The van der Waals surface area contributed by atoms with Crippen molar-refractivity contribution in [3.05, 3.63) is 36.3 Å². The summed E-state index contributed by atoms with van der Waals surface area (Å²) in [4.78, 5) is 13.2. The number of aliphatic hydroxyl groups is 1. The van der Waals surface area contributed by atoms with E-state index in [2.05, 4.69) is 20.3 Å². The van der Waals surface area contributed by atoms with Crippen molar-refractivity contribution in [3.8, 4) is 11.4 Å². The summed E-state index contributed by atoms with van der Waals surface area (Å²) in [5, 5.41) is 12.7. The van der Waals surface area contributed by atoms with Gasteiger partial charge in [-0.25, -0.2) is 9.97 Å². The Kier molecular flexibility index (Phi) is 4.34. The molecule has 2 heterocycles. The molecule has 0 unspecified atom stereocenters. The van der Waals surface area contributed by atoms with Gasteiger partial charge in [-0.3, -0.25) is 4.98 Å². The molecule has 116 valence electrons. The highest BCUT2D eigenvalue weighted by molar-refractivity contribution is 5.56. The van der Waals surface area contributed by atoms with Crippen molar-refractivity contribution in [1.29, 1.82) is 0 Å². The molecule has 1 aliphatic carbocycles. The van der Waals surface area contributed by atoms with Crippen LogP contribution in [0.3, 0.4) is 0 Å². The number of nitrogens with zero attached hydrogens (tertiary/aromatic N) is 3. The second-order valence-electron chi connectivity index (χ2n) is 6.14.